The fourth-order valence-electron chi connectivity index (χ4n) is 3.43. The Morgan fingerprint density at radius 2 is 1.70 bits per heavy atom. The van der Waals surface area contributed by atoms with Gasteiger partial charge < -0.3 is 4.90 Å². The van der Waals surface area contributed by atoms with E-state index in [1.807, 2.05) is 0 Å². The molecule has 0 spiro atoms. The second kappa shape index (κ2) is 7.34. The molecule has 0 saturated carbocycles. The minimum Gasteiger partial charge on any atom is -0.337 e. The van der Waals surface area contributed by atoms with Gasteiger partial charge in [0.1, 0.15) is 5.82 Å². The van der Waals surface area contributed by atoms with Crippen LogP contribution >= 0.6 is 11.6 Å². The normalized spacial score (nSPS) is 14.0. The molecule has 0 fully saturated rings. The van der Waals surface area contributed by atoms with Crippen LogP contribution in [0.5, 0.6) is 0 Å². The molecule has 0 N–H and O–H groups in total. The van der Waals surface area contributed by atoms with Gasteiger partial charge in [0.2, 0.25) is 9.84 Å². The molecule has 1 aliphatic rings. The van der Waals surface area contributed by atoms with Gasteiger partial charge in [-0.15, -0.1) is 0 Å². The van der Waals surface area contributed by atoms with Gasteiger partial charge in [0.15, 0.2) is 5.78 Å². The molecule has 1 aliphatic heterocycles. The Morgan fingerprint density at radius 3 is 2.43 bits per heavy atom. The van der Waals surface area contributed by atoms with Gasteiger partial charge >= 0.3 is 0 Å². The van der Waals surface area contributed by atoms with Crippen molar-refractivity contribution >= 4 is 33.1 Å². The summed E-state index contributed by atoms with van der Waals surface area (Å²) >= 11 is 6.03. The van der Waals surface area contributed by atoms with Crippen LogP contribution in [-0.4, -0.2) is 32.1 Å². The molecule has 1 amide bonds. The van der Waals surface area contributed by atoms with Crippen molar-refractivity contribution in [3.8, 4) is 0 Å². The molecule has 3 aromatic carbocycles. The number of halogens is 2. The minimum absolute atomic E-state index is 0.0186. The quantitative estimate of drug-likeness (QED) is 0.477. The Labute approximate surface area is 177 Å². The summed E-state index contributed by atoms with van der Waals surface area (Å²) in [6.07, 6.45) is 0. The van der Waals surface area contributed by atoms with Gasteiger partial charge in [-0.2, -0.15) is 0 Å². The van der Waals surface area contributed by atoms with Crippen LogP contribution in [0.4, 0.5) is 4.39 Å². The Bertz CT molecular complexity index is 1300. The van der Waals surface area contributed by atoms with E-state index in [1.165, 1.54) is 66.5 Å². The molecule has 8 heteroatoms. The number of amides is 1. The molecule has 3 aromatic rings. The summed E-state index contributed by atoms with van der Waals surface area (Å²) in [5, 5.41) is 0.185. The fourth-order valence-corrected chi connectivity index (χ4v) is 5.33. The van der Waals surface area contributed by atoms with Crippen molar-refractivity contribution in [1.82, 2.24) is 4.90 Å². The number of carbonyl (C=O) groups is 2. The van der Waals surface area contributed by atoms with E-state index in [0.717, 1.165) is 0 Å². The smallest absolute Gasteiger partial charge is 0.253 e. The first-order valence-electron chi connectivity index (χ1n) is 8.93. The topological polar surface area (TPSA) is 71.5 Å². The standard InChI is InChI=1S/C22H15ClFNO4S/c1-25(12-16-17(23)6-4-7-18(16)24)22(27)13-9-10-15-20(11-13)30(28,29)19-8-3-2-5-14(19)21(15)26/h2-11H,12H2,1H3. The average Bonchev–Trinajstić information content (AvgIpc) is 2.74. The molecular formula is C22H15ClFNO4S. The van der Waals surface area contributed by atoms with Crippen LogP contribution in [0.15, 0.2) is 70.5 Å². The number of carbonyl (C=O) groups excluding carboxylic acids is 2. The lowest BCUT2D eigenvalue weighted by atomic mass is 10.0. The summed E-state index contributed by atoms with van der Waals surface area (Å²) in [5.41, 5.74) is 0.351. The molecule has 0 atom stereocenters. The number of hydrogen-bond acceptors (Lipinski definition) is 4. The monoisotopic (exact) mass is 443 g/mol. The Kier molecular flexibility index (Phi) is 4.95. The highest BCUT2D eigenvalue weighted by atomic mass is 35.5. The first-order chi connectivity index (χ1) is 14.2. The Hall–Kier alpha value is -3.03. The lowest BCUT2D eigenvalue weighted by Gasteiger charge is -2.21. The second-order valence-electron chi connectivity index (χ2n) is 6.90. The van der Waals surface area contributed by atoms with E-state index in [2.05, 4.69) is 0 Å². The number of nitrogens with zero attached hydrogens (tertiary/aromatic N) is 1. The molecule has 0 saturated heterocycles. The third-order valence-corrected chi connectivity index (χ3v) is 7.19. The highest BCUT2D eigenvalue weighted by Gasteiger charge is 2.35. The molecule has 1 heterocycles. The van der Waals surface area contributed by atoms with Crippen LogP contribution in [-0.2, 0) is 16.4 Å². The fraction of sp³-hybridized carbons (Fsp3) is 0.0909. The molecule has 152 valence electrons. The van der Waals surface area contributed by atoms with Crippen molar-refractivity contribution in [1.29, 1.82) is 0 Å². The lowest BCUT2D eigenvalue weighted by molar-refractivity contribution is 0.0783. The molecular weight excluding hydrogens is 429 g/mol. The summed E-state index contributed by atoms with van der Waals surface area (Å²) in [4.78, 5) is 26.5. The van der Waals surface area contributed by atoms with Crippen LogP contribution in [0, 0.1) is 5.82 Å². The number of fused-ring (bicyclic) bond motifs is 2. The summed E-state index contributed by atoms with van der Waals surface area (Å²) in [6, 6.07) is 14.1. The van der Waals surface area contributed by atoms with E-state index in [0.29, 0.717) is 0 Å². The van der Waals surface area contributed by atoms with Crippen molar-refractivity contribution < 1.29 is 22.4 Å². The molecule has 0 aromatic heterocycles. The summed E-state index contributed by atoms with van der Waals surface area (Å²) < 4.78 is 40.1. The zero-order chi connectivity index (χ0) is 21.6. The lowest BCUT2D eigenvalue weighted by Crippen LogP contribution is -2.28. The Balaban J connectivity index is 1.72. The van der Waals surface area contributed by atoms with Crippen LogP contribution in [0.1, 0.15) is 31.8 Å². The third-order valence-electron chi connectivity index (χ3n) is 4.99. The summed E-state index contributed by atoms with van der Waals surface area (Å²) in [7, 11) is -2.50. The molecule has 0 unspecified atom stereocenters. The van der Waals surface area contributed by atoms with Crippen molar-refractivity contribution in [3.05, 3.63) is 93.8 Å². The number of sulfone groups is 1. The zero-order valence-corrected chi connectivity index (χ0v) is 17.3. The first kappa shape index (κ1) is 20.3. The number of ketones is 1. The van der Waals surface area contributed by atoms with Gasteiger partial charge in [0.25, 0.3) is 5.91 Å². The third kappa shape index (κ3) is 3.20. The largest absolute Gasteiger partial charge is 0.337 e. The van der Waals surface area contributed by atoms with E-state index < -0.39 is 27.3 Å². The molecule has 0 bridgehead atoms. The predicted octanol–water partition coefficient (Wildman–Crippen LogP) is 4.13. The maximum atomic E-state index is 14.0. The SMILES string of the molecule is CN(Cc1c(F)cccc1Cl)C(=O)c1ccc2c(c1)S(=O)(=O)c1ccccc1C2=O. The maximum absolute atomic E-state index is 14.0. The zero-order valence-electron chi connectivity index (χ0n) is 15.7. The molecule has 0 radical (unpaired) electrons. The average molecular weight is 444 g/mol. The van der Waals surface area contributed by atoms with Crippen LogP contribution in [0.3, 0.4) is 0 Å². The van der Waals surface area contributed by atoms with Gasteiger partial charge in [0.05, 0.1) is 9.79 Å². The second-order valence-corrected chi connectivity index (χ2v) is 9.19. The predicted molar refractivity (Wildman–Crippen MR) is 109 cm³/mol. The number of benzene rings is 3. The first-order valence-corrected chi connectivity index (χ1v) is 10.8. The molecule has 5 nitrogen and oxygen atoms in total. The van der Waals surface area contributed by atoms with Crippen molar-refractivity contribution in [2.24, 2.45) is 0 Å². The van der Waals surface area contributed by atoms with E-state index >= 15 is 0 Å². The van der Waals surface area contributed by atoms with Gasteiger partial charge in [-0.25, -0.2) is 12.8 Å². The van der Waals surface area contributed by atoms with E-state index in [9.17, 15) is 22.4 Å². The Morgan fingerprint density at radius 1 is 1.00 bits per heavy atom. The van der Waals surface area contributed by atoms with Crippen molar-refractivity contribution in [2.75, 3.05) is 7.05 Å². The van der Waals surface area contributed by atoms with Gasteiger partial charge in [0, 0.05) is 40.9 Å². The molecule has 0 aliphatic carbocycles. The number of hydrogen-bond donors (Lipinski definition) is 0. The minimum atomic E-state index is -3.96. The van der Waals surface area contributed by atoms with E-state index in [4.69, 9.17) is 11.6 Å². The van der Waals surface area contributed by atoms with E-state index in [-0.39, 0.29) is 43.6 Å². The van der Waals surface area contributed by atoms with E-state index in [1.54, 1.807) is 6.07 Å². The summed E-state index contributed by atoms with van der Waals surface area (Å²) in [6.45, 7) is -0.101. The van der Waals surface area contributed by atoms with Crippen LogP contribution < -0.4 is 0 Å². The highest BCUT2D eigenvalue weighted by molar-refractivity contribution is 7.91. The van der Waals surface area contributed by atoms with Gasteiger partial charge in [-0.3, -0.25) is 9.59 Å². The molecule has 30 heavy (non-hydrogen) atoms. The van der Waals surface area contributed by atoms with Crippen LogP contribution in [0.2, 0.25) is 5.02 Å². The highest BCUT2D eigenvalue weighted by Crippen LogP contribution is 2.35. The number of rotatable bonds is 3. The van der Waals surface area contributed by atoms with Crippen molar-refractivity contribution in [3.63, 3.8) is 0 Å². The molecule has 4 rings (SSSR count). The van der Waals surface area contributed by atoms with Crippen molar-refractivity contribution in [2.45, 2.75) is 16.3 Å². The maximum Gasteiger partial charge on any atom is 0.253 e. The van der Waals surface area contributed by atoms with Gasteiger partial charge in [-0.05, 0) is 42.5 Å². The summed E-state index contributed by atoms with van der Waals surface area (Å²) in [5.74, 6) is -1.49. The van der Waals surface area contributed by atoms with Gasteiger partial charge in [-0.1, -0.05) is 29.8 Å². The van der Waals surface area contributed by atoms with Crippen LogP contribution in [0.25, 0.3) is 0 Å².